The van der Waals surface area contributed by atoms with Gasteiger partial charge >= 0.3 is 5.97 Å². The topological polar surface area (TPSA) is 114 Å². The van der Waals surface area contributed by atoms with E-state index in [-0.39, 0.29) is 18.1 Å². The molecule has 0 unspecified atom stereocenters. The van der Waals surface area contributed by atoms with Gasteiger partial charge in [0.25, 0.3) is 0 Å². The van der Waals surface area contributed by atoms with Gasteiger partial charge in [0, 0.05) is 36.2 Å². The maximum Gasteiger partial charge on any atom is 0.326 e. The molecular weight excluding hydrogens is 544 g/mol. The van der Waals surface area contributed by atoms with Crippen molar-refractivity contribution in [3.63, 3.8) is 0 Å². The molecule has 0 radical (unpaired) electrons. The molecule has 0 aromatic heterocycles. The van der Waals surface area contributed by atoms with E-state index in [4.69, 9.17) is 9.47 Å². The normalized spacial score (nSPS) is 11.3. The lowest BCUT2D eigenvalue weighted by atomic mass is 10.00. The number of amides is 1. The highest BCUT2D eigenvalue weighted by Crippen LogP contribution is 2.22. The molecule has 8 nitrogen and oxygen atoms in total. The van der Waals surface area contributed by atoms with Crippen LogP contribution in [0.15, 0.2) is 103 Å². The van der Waals surface area contributed by atoms with Crippen molar-refractivity contribution in [2.24, 2.45) is 0 Å². The molecular formula is C35H36N2O6. The second-order valence-electron chi connectivity index (χ2n) is 9.99. The smallest absolute Gasteiger partial charge is 0.326 e. The molecule has 4 aromatic carbocycles. The number of ketones is 1. The van der Waals surface area contributed by atoms with Gasteiger partial charge in [-0.1, -0.05) is 72.8 Å². The van der Waals surface area contributed by atoms with Gasteiger partial charge in [-0.2, -0.15) is 0 Å². The van der Waals surface area contributed by atoms with Crippen molar-refractivity contribution in [3.8, 4) is 11.5 Å². The van der Waals surface area contributed by atoms with Crippen molar-refractivity contribution in [3.05, 3.63) is 125 Å². The third-order valence-corrected chi connectivity index (χ3v) is 6.92. The molecule has 0 aliphatic rings. The van der Waals surface area contributed by atoms with Crippen molar-refractivity contribution in [1.82, 2.24) is 5.32 Å². The molecule has 0 fully saturated rings. The summed E-state index contributed by atoms with van der Waals surface area (Å²) < 4.78 is 11.1. The monoisotopic (exact) mass is 580 g/mol. The number of hydrogen-bond donors (Lipinski definition) is 3. The zero-order chi connectivity index (χ0) is 30.4. The van der Waals surface area contributed by atoms with E-state index in [1.807, 2.05) is 42.5 Å². The number of hydrogen-bond acceptors (Lipinski definition) is 6. The van der Waals surface area contributed by atoms with Crippen LogP contribution in [0.2, 0.25) is 0 Å². The van der Waals surface area contributed by atoms with Crippen LogP contribution in [-0.4, -0.2) is 49.1 Å². The Bertz CT molecular complexity index is 1500. The number of aliphatic carboxylic acids is 1. The zero-order valence-corrected chi connectivity index (χ0v) is 24.1. The summed E-state index contributed by atoms with van der Waals surface area (Å²) in [6.07, 6.45) is 1.84. The fraction of sp³-hybridized carbons (Fsp3) is 0.229. The van der Waals surface area contributed by atoms with E-state index in [1.165, 1.54) is 0 Å². The third-order valence-electron chi connectivity index (χ3n) is 6.92. The van der Waals surface area contributed by atoms with E-state index >= 15 is 0 Å². The molecule has 0 heterocycles. The minimum Gasteiger partial charge on any atom is -0.496 e. The van der Waals surface area contributed by atoms with E-state index < -0.39 is 12.0 Å². The van der Waals surface area contributed by atoms with Gasteiger partial charge in [0.15, 0.2) is 5.78 Å². The van der Waals surface area contributed by atoms with Crippen molar-refractivity contribution in [2.75, 3.05) is 25.6 Å². The Kier molecular flexibility index (Phi) is 11.3. The van der Waals surface area contributed by atoms with Crippen LogP contribution in [0.25, 0.3) is 0 Å². The molecule has 8 heteroatoms. The molecule has 222 valence electrons. The molecule has 0 aliphatic carbocycles. The van der Waals surface area contributed by atoms with Gasteiger partial charge in [-0.05, 0) is 54.3 Å². The minimum absolute atomic E-state index is 0.0242. The average molecular weight is 581 g/mol. The van der Waals surface area contributed by atoms with Crippen LogP contribution in [0, 0.1) is 0 Å². The summed E-state index contributed by atoms with van der Waals surface area (Å²) in [5.41, 5.74) is 3.22. The number of carboxylic acid groups (broad SMARTS) is 1. The number of nitrogens with one attached hydrogen (secondary N) is 2. The fourth-order valence-corrected chi connectivity index (χ4v) is 4.63. The standard InChI is InChI=1S/C35H36N2O6/c1-42-32-15-8-5-10-26(32)18-21-33(38)36-22-9-23-43-28-19-16-25(17-20-28)24-31(35(40)41)37-30-14-7-6-13-29(30)34(39)27-11-3-2-4-12-27/h2-8,10-17,19-20,31,37H,9,18,21-24H2,1H3,(H,36,38)(H,40,41)/t31-/m0/s1. The highest BCUT2D eigenvalue weighted by Gasteiger charge is 2.21. The minimum atomic E-state index is -1.02. The first-order valence-electron chi connectivity index (χ1n) is 14.2. The number of rotatable bonds is 16. The molecule has 1 atom stereocenters. The third kappa shape index (κ3) is 9.19. The van der Waals surface area contributed by atoms with Crippen LogP contribution in [-0.2, 0) is 22.4 Å². The Hall–Kier alpha value is -5.11. The first-order valence-corrected chi connectivity index (χ1v) is 14.2. The Morgan fingerprint density at radius 1 is 0.837 bits per heavy atom. The van der Waals surface area contributed by atoms with Crippen LogP contribution < -0.4 is 20.1 Å². The second kappa shape index (κ2) is 15.8. The molecule has 43 heavy (non-hydrogen) atoms. The lowest BCUT2D eigenvalue weighted by molar-refractivity contribution is -0.137. The Labute approximate surface area is 251 Å². The number of carboxylic acids is 1. The number of carbonyl (C=O) groups excluding carboxylic acids is 2. The van der Waals surface area contributed by atoms with Gasteiger partial charge < -0.3 is 25.2 Å². The van der Waals surface area contributed by atoms with Crippen LogP contribution in [0.1, 0.15) is 39.9 Å². The molecule has 0 spiro atoms. The Morgan fingerprint density at radius 2 is 1.53 bits per heavy atom. The van der Waals surface area contributed by atoms with Gasteiger partial charge in [0.05, 0.1) is 13.7 Å². The maximum absolute atomic E-state index is 13.1. The lowest BCUT2D eigenvalue weighted by Gasteiger charge is -2.18. The lowest BCUT2D eigenvalue weighted by Crippen LogP contribution is -2.32. The zero-order valence-electron chi connectivity index (χ0n) is 24.1. The molecule has 3 N–H and O–H groups in total. The van der Waals surface area contributed by atoms with Crippen molar-refractivity contribution in [2.45, 2.75) is 31.7 Å². The molecule has 0 aliphatic heterocycles. The van der Waals surface area contributed by atoms with Gasteiger partial charge in [-0.25, -0.2) is 4.79 Å². The SMILES string of the molecule is COc1ccccc1CCC(=O)NCCCOc1ccc(C[C@H](Nc2ccccc2C(=O)c2ccccc2)C(=O)O)cc1. The fourth-order valence-electron chi connectivity index (χ4n) is 4.63. The number of benzene rings is 4. The van der Waals surface area contributed by atoms with E-state index in [0.717, 1.165) is 16.9 Å². The molecule has 4 rings (SSSR count). The summed E-state index contributed by atoms with van der Waals surface area (Å²) in [5.74, 6) is 0.216. The predicted molar refractivity (Wildman–Crippen MR) is 166 cm³/mol. The number of para-hydroxylation sites is 2. The number of anilines is 1. The van der Waals surface area contributed by atoms with Gasteiger partial charge in [0.1, 0.15) is 17.5 Å². The first kappa shape index (κ1) is 30.8. The van der Waals surface area contributed by atoms with E-state index in [9.17, 15) is 19.5 Å². The van der Waals surface area contributed by atoms with Gasteiger partial charge in [-0.3, -0.25) is 9.59 Å². The Morgan fingerprint density at radius 3 is 2.28 bits per heavy atom. The van der Waals surface area contributed by atoms with Gasteiger partial charge in [-0.15, -0.1) is 0 Å². The van der Waals surface area contributed by atoms with E-state index in [2.05, 4.69) is 10.6 Å². The summed E-state index contributed by atoms with van der Waals surface area (Å²) in [6.45, 7) is 0.931. The van der Waals surface area contributed by atoms with Crippen LogP contribution in [0.5, 0.6) is 11.5 Å². The average Bonchev–Trinajstić information content (AvgIpc) is 3.04. The second-order valence-corrected chi connectivity index (χ2v) is 9.99. The van der Waals surface area contributed by atoms with Crippen LogP contribution in [0.4, 0.5) is 5.69 Å². The summed E-state index contributed by atoms with van der Waals surface area (Å²) >= 11 is 0. The van der Waals surface area contributed by atoms with Gasteiger partial charge in [0.2, 0.25) is 5.91 Å². The van der Waals surface area contributed by atoms with E-state index in [1.54, 1.807) is 67.8 Å². The first-order chi connectivity index (χ1) is 20.9. The summed E-state index contributed by atoms with van der Waals surface area (Å²) in [6, 6.07) is 29.8. The molecule has 0 saturated carbocycles. The summed E-state index contributed by atoms with van der Waals surface area (Å²) in [7, 11) is 1.62. The molecule has 0 saturated heterocycles. The van der Waals surface area contributed by atoms with Crippen molar-refractivity contribution < 1.29 is 29.0 Å². The largest absolute Gasteiger partial charge is 0.496 e. The van der Waals surface area contributed by atoms with Crippen molar-refractivity contribution >= 4 is 23.3 Å². The number of ether oxygens (including phenoxy) is 2. The van der Waals surface area contributed by atoms with Crippen molar-refractivity contribution in [1.29, 1.82) is 0 Å². The van der Waals surface area contributed by atoms with Crippen LogP contribution >= 0.6 is 0 Å². The van der Waals surface area contributed by atoms with E-state index in [0.29, 0.717) is 55.0 Å². The quantitative estimate of drug-likeness (QED) is 0.118. The highest BCUT2D eigenvalue weighted by atomic mass is 16.5. The van der Waals surface area contributed by atoms with Crippen LogP contribution in [0.3, 0.4) is 0 Å². The number of aryl methyl sites for hydroxylation is 1. The Balaban J connectivity index is 1.23. The highest BCUT2D eigenvalue weighted by molar-refractivity contribution is 6.12. The predicted octanol–water partition coefficient (Wildman–Crippen LogP) is 5.55. The maximum atomic E-state index is 13.1. The number of methoxy groups -OCH3 is 1. The molecule has 1 amide bonds. The number of carbonyl (C=O) groups is 3. The summed E-state index contributed by atoms with van der Waals surface area (Å²) in [4.78, 5) is 37.4. The molecule has 0 bridgehead atoms. The summed E-state index contributed by atoms with van der Waals surface area (Å²) in [5, 5.41) is 15.9. The molecule has 4 aromatic rings.